The minimum atomic E-state index is -3.52. The van der Waals surface area contributed by atoms with E-state index >= 15 is 0 Å². The Hall–Kier alpha value is -0.730. The summed E-state index contributed by atoms with van der Waals surface area (Å²) in [5.74, 6) is 0.837. The summed E-state index contributed by atoms with van der Waals surface area (Å²) in [6.45, 7) is 5.25. The number of rotatable bonds is 9. The number of ether oxygens (including phenoxy) is 1. The van der Waals surface area contributed by atoms with E-state index in [0.29, 0.717) is 13.1 Å². The maximum Gasteiger partial charge on any atom is 0.266 e. The van der Waals surface area contributed by atoms with Crippen LogP contribution in [0.1, 0.15) is 18.9 Å². The predicted octanol–water partition coefficient (Wildman–Crippen LogP) is 1.89. The van der Waals surface area contributed by atoms with E-state index < -0.39 is 9.05 Å². The first-order chi connectivity index (χ1) is 9.40. The Morgan fingerprint density at radius 2 is 2.05 bits per heavy atom. The summed E-state index contributed by atoms with van der Waals surface area (Å²) in [5, 5.41) is 3.11. The Morgan fingerprint density at radius 1 is 1.40 bits per heavy atom. The Balaban J connectivity index is 2.27. The van der Waals surface area contributed by atoms with Crippen LogP contribution >= 0.6 is 0 Å². The van der Waals surface area contributed by atoms with Crippen molar-refractivity contribution in [3.63, 3.8) is 0 Å². The van der Waals surface area contributed by atoms with Crippen molar-refractivity contribution >= 4 is 20.2 Å². The molecule has 0 heterocycles. The molecule has 0 saturated carbocycles. The van der Waals surface area contributed by atoms with Crippen molar-refractivity contribution in [1.82, 2.24) is 5.32 Å². The summed E-state index contributed by atoms with van der Waals surface area (Å²) in [6, 6.07) is 7.90. The molecule has 0 aromatic heterocycles. The molecule has 1 aromatic carbocycles. The average molecular weight is 319 g/mol. The number of nitrogens with one attached hydrogen (secondary N) is 1. The zero-order valence-corrected chi connectivity index (χ0v) is 13.3. The highest BCUT2D eigenvalue weighted by molar-refractivity contribution is 8.27. The summed E-state index contributed by atoms with van der Waals surface area (Å²) < 4.78 is 29.9. The standard InChI is InChI=1S/C13H21NO4S2/c1-3-12(10-14-8-9-17-20(15,16)19)18-13-6-4-11(2)5-7-13/h4-7,12,14H,3,8-10H2,1-2H3,(H,15,16,19)/t12-/m0/s1. The molecule has 0 radical (unpaired) electrons. The molecule has 1 rings (SSSR count). The van der Waals surface area contributed by atoms with Gasteiger partial charge in [-0.3, -0.25) is 8.74 Å². The Labute approximate surface area is 125 Å². The van der Waals surface area contributed by atoms with Gasteiger partial charge in [-0.15, -0.1) is 0 Å². The molecule has 20 heavy (non-hydrogen) atoms. The van der Waals surface area contributed by atoms with Crippen LogP contribution in [0.5, 0.6) is 5.75 Å². The molecule has 0 fully saturated rings. The molecule has 2 atom stereocenters. The fourth-order valence-corrected chi connectivity index (χ4v) is 2.06. The van der Waals surface area contributed by atoms with Gasteiger partial charge in [-0.25, -0.2) is 0 Å². The first kappa shape index (κ1) is 17.3. The lowest BCUT2D eigenvalue weighted by atomic mass is 10.2. The van der Waals surface area contributed by atoms with Gasteiger partial charge in [-0.2, -0.15) is 4.21 Å². The molecule has 0 amide bonds. The van der Waals surface area contributed by atoms with Crippen LogP contribution in [0.25, 0.3) is 0 Å². The van der Waals surface area contributed by atoms with Crippen LogP contribution < -0.4 is 10.1 Å². The van der Waals surface area contributed by atoms with E-state index in [1.54, 1.807) is 0 Å². The van der Waals surface area contributed by atoms with Crippen molar-refractivity contribution in [2.75, 3.05) is 19.7 Å². The van der Waals surface area contributed by atoms with Crippen molar-refractivity contribution in [3.05, 3.63) is 29.8 Å². The minimum absolute atomic E-state index is 0.0414. The van der Waals surface area contributed by atoms with Crippen LogP contribution in [-0.2, 0) is 24.4 Å². The molecule has 0 saturated heterocycles. The van der Waals surface area contributed by atoms with Crippen molar-refractivity contribution in [1.29, 1.82) is 0 Å². The minimum Gasteiger partial charge on any atom is -0.489 e. The molecule has 5 nitrogen and oxygen atoms in total. The third kappa shape index (κ3) is 7.76. The zero-order valence-electron chi connectivity index (χ0n) is 11.7. The van der Waals surface area contributed by atoms with Gasteiger partial charge in [0.2, 0.25) is 0 Å². The number of aryl methyl sites for hydroxylation is 1. The summed E-state index contributed by atoms with van der Waals surface area (Å²) in [5.41, 5.74) is 1.19. The normalized spacial score (nSPS) is 15.6. The van der Waals surface area contributed by atoms with Gasteiger partial charge in [-0.1, -0.05) is 24.6 Å². The number of hydrogen-bond acceptors (Lipinski definition) is 5. The Morgan fingerprint density at radius 3 is 2.60 bits per heavy atom. The summed E-state index contributed by atoms with van der Waals surface area (Å²) in [6.07, 6.45) is 0.902. The summed E-state index contributed by atoms with van der Waals surface area (Å²) in [7, 11) is -3.52. The molecule has 7 heteroatoms. The number of benzene rings is 1. The largest absolute Gasteiger partial charge is 0.489 e. The molecule has 0 aliphatic heterocycles. The van der Waals surface area contributed by atoms with E-state index in [1.165, 1.54) is 5.56 Å². The van der Waals surface area contributed by atoms with E-state index in [9.17, 15) is 4.21 Å². The smallest absolute Gasteiger partial charge is 0.266 e. The zero-order chi connectivity index (χ0) is 15.0. The molecule has 0 aliphatic carbocycles. The number of hydrogen-bond donors (Lipinski definition) is 2. The van der Waals surface area contributed by atoms with Crippen molar-refractivity contribution < 1.29 is 17.7 Å². The highest BCUT2D eigenvalue weighted by Crippen LogP contribution is 2.14. The van der Waals surface area contributed by atoms with Crippen LogP contribution in [0.15, 0.2) is 24.3 Å². The third-order valence-electron chi connectivity index (χ3n) is 2.66. The van der Waals surface area contributed by atoms with E-state index in [4.69, 9.17) is 9.29 Å². The molecule has 114 valence electrons. The highest BCUT2D eigenvalue weighted by atomic mass is 32.9. The summed E-state index contributed by atoms with van der Waals surface area (Å²) in [4.78, 5) is 0. The van der Waals surface area contributed by atoms with E-state index in [1.807, 2.05) is 38.1 Å². The molecule has 2 N–H and O–H groups in total. The van der Waals surface area contributed by atoms with Gasteiger partial charge in [0.25, 0.3) is 9.05 Å². The molecule has 0 bridgehead atoms. The second-order valence-corrected chi connectivity index (χ2v) is 6.77. The first-order valence-electron chi connectivity index (χ1n) is 6.46. The molecule has 1 aromatic rings. The quantitative estimate of drug-likeness (QED) is 0.678. The maximum absolute atomic E-state index is 10.7. The average Bonchev–Trinajstić information content (AvgIpc) is 2.38. The van der Waals surface area contributed by atoms with Gasteiger partial charge >= 0.3 is 0 Å². The van der Waals surface area contributed by atoms with Gasteiger partial charge in [-0.05, 0) is 25.5 Å². The molecule has 0 spiro atoms. The lowest BCUT2D eigenvalue weighted by molar-refractivity contribution is 0.190. The molecule has 0 aliphatic rings. The highest BCUT2D eigenvalue weighted by Gasteiger charge is 2.08. The van der Waals surface area contributed by atoms with Crippen LogP contribution in [0, 0.1) is 6.92 Å². The predicted molar refractivity (Wildman–Crippen MR) is 82.8 cm³/mol. The van der Waals surface area contributed by atoms with Crippen LogP contribution in [0.3, 0.4) is 0 Å². The lowest BCUT2D eigenvalue weighted by Crippen LogP contribution is -2.33. The van der Waals surface area contributed by atoms with Gasteiger partial charge in [0.1, 0.15) is 11.9 Å². The van der Waals surface area contributed by atoms with E-state index in [2.05, 4.69) is 20.7 Å². The van der Waals surface area contributed by atoms with E-state index in [-0.39, 0.29) is 12.7 Å². The summed E-state index contributed by atoms with van der Waals surface area (Å²) >= 11 is 4.21. The second kappa shape index (κ2) is 8.53. The maximum atomic E-state index is 10.7. The topological polar surface area (TPSA) is 67.8 Å². The first-order valence-corrected chi connectivity index (χ1v) is 8.83. The molecular weight excluding hydrogens is 298 g/mol. The SMILES string of the molecule is CC[C@@H](CNCCOS(=O)(O)=S)Oc1ccc(C)cc1. The molecule has 1 unspecified atom stereocenters. The van der Waals surface area contributed by atoms with Gasteiger partial charge in [0.15, 0.2) is 0 Å². The van der Waals surface area contributed by atoms with Crippen molar-refractivity contribution in [2.45, 2.75) is 26.4 Å². The lowest BCUT2D eigenvalue weighted by Gasteiger charge is -2.18. The third-order valence-corrected chi connectivity index (χ3v) is 3.42. The fourth-order valence-electron chi connectivity index (χ4n) is 1.56. The van der Waals surface area contributed by atoms with Crippen molar-refractivity contribution in [3.8, 4) is 5.75 Å². The fraction of sp³-hybridized carbons (Fsp3) is 0.538. The van der Waals surface area contributed by atoms with Crippen LogP contribution in [0.4, 0.5) is 0 Å². The monoisotopic (exact) mass is 319 g/mol. The van der Waals surface area contributed by atoms with E-state index in [0.717, 1.165) is 12.2 Å². The Kier molecular flexibility index (Phi) is 7.39. The molecular formula is C13H21NO4S2. The van der Waals surface area contributed by atoms with Gasteiger partial charge in [0, 0.05) is 24.3 Å². The van der Waals surface area contributed by atoms with Crippen LogP contribution in [0.2, 0.25) is 0 Å². The van der Waals surface area contributed by atoms with Gasteiger partial charge < -0.3 is 10.1 Å². The Bertz CT molecular complexity index is 488. The van der Waals surface area contributed by atoms with Crippen molar-refractivity contribution in [2.24, 2.45) is 0 Å². The van der Waals surface area contributed by atoms with Gasteiger partial charge in [0.05, 0.1) is 6.61 Å². The van der Waals surface area contributed by atoms with Crippen LogP contribution in [-0.4, -0.2) is 34.6 Å². The second-order valence-electron chi connectivity index (χ2n) is 4.41.